The van der Waals surface area contributed by atoms with Gasteiger partial charge in [0.25, 0.3) is 0 Å². The Hall–Kier alpha value is -2.25. The van der Waals surface area contributed by atoms with Crippen LogP contribution in [0.25, 0.3) is 11.3 Å². The number of hydrogen-bond donors (Lipinski definition) is 2. The van der Waals surface area contributed by atoms with Crippen LogP contribution in [0.2, 0.25) is 0 Å². The summed E-state index contributed by atoms with van der Waals surface area (Å²) in [6.45, 7) is 3.20. The average Bonchev–Trinajstić information content (AvgIpc) is 3.03. The smallest absolute Gasteiger partial charge is 0.152 e. The van der Waals surface area contributed by atoms with Gasteiger partial charge >= 0.3 is 0 Å². The van der Waals surface area contributed by atoms with E-state index in [9.17, 15) is 9.50 Å². The van der Waals surface area contributed by atoms with Gasteiger partial charge < -0.3 is 20.1 Å². The molecule has 0 aliphatic carbocycles. The molecule has 29 heavy (non-hydrogen) atoms. The number of halogens is 1. The number of benzene rings is 1. The summed E-state index contributed by atoms with van der Waals surface area (Å²) in [5.74, 6) is 0.944. The fraction of sp³-hybridized carbons (Fsp3) is 0.545. The SMILES string of the molecule is Cc1ccc(-c2nnc(N[C@@H]3C[C@@H](F)CN(C)C3)c3c2[C@@H]2CC[C@H](C3)O2)c(O)c1. The van der Waals surface area contributed by atoms with Gasteiger partial charge in [0, 0.05) is 48.7 Å². The predicted octanol–water partition coefficient (Wildman–Crippen LogP) is 3.39. The highest BCUT2D eigenvalue weighted by Gasteiger charge is 2.39. The van der Waals surface area contributed by atoms with Crippen molar-refractivity contribution in [1.82, 2.24) is 15.1 Å². The standard InChI is InChI=1S/C22H27FN4O2/c1-12-3-5-16(18(28)7-12)21-20-17(9-15-4-6-19(20)29-15)22(26-25-21)24-14-8-13(23)10-27(2)11-14/h3,5,7,13-15,19,28H,4,6,8-11H2,1-2H3,(H,24,26)/t13-,14-,15-,19+/m1/s1. The fourth-order valence-corrected chi connectivity index (χ4v) is 5.04. The van der Waals surface area contributed by atoms with Crippen molar-refractivity contribution in [1.29, 1.82) is 0 Å². The van der Waals surface area contributed by atoms with Crippen LogP contribution in [0.5, 0.6) is 5.75 Å². The van der Waals surface area contributed by atoms with Crippen LogP contribution in [-0.2, 0) is 11.2 Å². The summed E-state index contributed by atoms with van der Waals surface area (Å²) in [6, 6.07) is 5.61. The molecule has 4 atom stereocenters. The molecule has 154 valence electrons. The largest absolute Gasteiger partial charge is 0.507 e. The van der Waals surface area contributed by atoms with Crippen molar-refractivity contribution in [2.45, 2.75) is 57.0 Å². The summed E-state index contributed by atoms with van der Waals surface area (Å²) in [5.41, 5.74) is 4.50. The van der Waals surface area contributed by atoms with Crippen molar-refractivity contribution in [3.05, 3.63) is 34.9 Å². The highest BCUT2D eigenvalue weighted by atomic mass is 19.1. The van der Waals surface area contributed by atoms with E-state index in [-0.39, 0.29) is 24.0 Å². The van der Waals surface area contributed by atoms with E-state index >= 15 is 0 Å². The van der Waals surface area contributed by atoms with Gasteiger partial charge in [-0.2, -0.15) is 0 Å². The Balaban J connectivity index is 1.56. The van der Waals surface area contributed by atoms with Gasteiger partial charge in [0.2, 0.25) is 0 Å². The molecule has 3 aliphatic rings. The molecular formula is C22H27FN4O2. The Morgan fingerprint density at radius 3 is 2.90 bits per heavy atom. The number of ether oxygens (including phenoxy) is 1. The summed E-state index contributed by atoms with van der Waals surface area (Å²) in [4.78, 5) is 2.01. The van der Waals surface area contributed by atoms with Crippen molar-refractivity contribution in [2.75, 3.05) is 25.5 Å². The number of phenolic OH excluding ortho intramolecular Hbond substituents is 1. The molecular weight excluding hydrogens is 371 g/mol. The average molecular weight is 398 g/mol. The van der Waals surface area contributed by atoms with Crippen molar-refractivity contribution in [3.63, 3.8) is 0 Å². The Morgan fingerprint density at radius 2 is 2.10 bits per heavy atom. The number of aromatic nitrogens is 2. The minimum absolute atomic E-state index is 0.00118. The van der Waals surface area contributed by atoms with Crippen LogP contribution in [0.3, 0.4) is 0 Å². The van der Waals surface area contributed by atoms with Crippen molar-refractivity contribution in [2.24, 2.45) is 0 Å². The lowest BCUT2D eigenvalue weighted by molar-refractivity contribution is 0.0325. The molecule has 5 rings (SSSR count). The Bertz CT molecular complexity index is 927. The minimum atomic E-state index is -0.835. The Labute approximate surface area is 170 Å². The lowest BCUT2D eigenvalue weighted by Gasteiger charge is -2.34. The van der Waals surface area contributed by atoms with E-state index in [1.807, 2.05) is 31.0 Å². The lowest BCUT2D eigenvalue weighted by Crippen LogP contribution is -2.45. The summed E-state index contributed by atoms with van der Waals surface area (Å²) in [5, 5.41) is 23.0. The normalized spacial score (nSPS) is 28.9. The van der Waals surface area contributed by atoms with Gasteiger partial charge in [0.05, 0.1) is 12.2 Å². The number of phenols is 1. The predicted molar refractivity (Wildman–Crippen MR) is 109 cm³/mol. The molecule has 2 N–H and O–H groups in total. The van der Waals surface area contributed by atoms with Gasteiger partial charge in [-0.25, -0.2) is 4.39 Å². The Kier molecular flexibility index (Phi) is 4.67. The maximum Gasteiger partial charge on any atom is 0.152 e. The van der Waals surface area contributed by atoms with Gasteiger partial charge in [-0.3, -0.25) is 0 Å². The number of piperidine rings is 1. The third-order valence-electron chi connectivity index (χ3n) is 6.31. The van der Waals surface area contributed by atoms with Crippen LogP contribution < -0.4 is 5.32 Å². The van der Waals surface area contributed by atoms with E-state index in [1.54, 1.807) is 6.07 Å². The van der Waals surface area contributed by atoms with E-state index in [0.717, 1.165) is 48.3 Å². The summed E-state index contributed by atoms with van der Waals surface area (Å²) >= 11 is 0. The molecule has 2 saturated heterocycles. The highest BCUT2D eigenvalue weighted by Crippen LogP contribution is 2.47. The van der Waals surface area contributed by atoms with E-state index < -0.39 is 6.17 Å². The molecule has 0 unspecified atom stereocenters. The van der Waals surface area contributed by atoms with Gasteiger partial charge in [-0.05, 0) is 44.5 Å². The fourth-order valence-electron chi connectivity index (χ4n) is 5.04. The second-order valence-electron chi connectivity index (χ2n) is 8.73. The molecule has 2 bridgehead atoms. The van der Waals surface area contributed by atoms with Gasteiger partial charge in [-0.1, -0.05) is 6.07 Å². The monoisotopic (exact) mass is 398 g/mol. The third-order valence-corrected chi connectivity index (χ3v) is 6.31. The first-order valence-electron chi connectivity index (χ1n) is 10.4. The number of alkyl halides is 1. The number of nitrogens with one attached hydrogen (secondary N) is 1. The molecule has 3 aliphatic heterocycles. The topological polar surface area (TPSA) is 70.5 Å². The maximum atomic E-state index is 14.1. The number of anilines is 1. The molecule has 4 heterocycles. The lowest BCUT2D eigenvalue weighted by atomic mass is 9.93. The van der Waals surface area contributed by atoms with Gasteiger partial charge in [0.1, 0.15) is 17.6 Å². The van der Waals surface area contributed by atoms with Gasteiger partial charge in [0.15, 0.2) is 5.82 Å². The molecule has 0 saturated carbocycles. The summed E-state index contributed by atoms with van der Waals surface area (Å²) in [6.07, 6.45) is 2.53. The number of aryl methyl sites for hydroxylation is 1. The number of aromatic hydroxyl groups is 1. The van der Waals surface area contributed by atoms with Crippen LogP contribution in [0.15, 0.2) is 18.2 Å². The first kappa shape index (κ1) is 18.8. The zero-order valence-electron chi connectivity index (χ0n) is 16.9. The number of fused-ring (bicyclic) bond motifs is 4. The second kappa shape index (κ2) is 7.22. The van der Waals surface area contributed by atoms with E-state index in [1.165, 1.54) is 0 Å². The molecule has 1 aromatic carbocycles. The molecule has 7 heteroatoms. The van der Waals surface area contributed by atoms with Gasteiger partial charge in [-0.15, -0.1) is 10.2 Å². The first-order chi connectivity index (χ1) is 14.0. The van der Waals surface area contributed by atoms with Crippen molar-refractivity contribution >= 4 is 5.82 Å². The number of hydrogen-bond acceptors (Lipinski definition) is 6. The van der Waals surface area contributed by atoms with E-state index in [0.29, 0.717) is 24.2 Å². The van der Waals surface area contributed by atoms with Crippen LogP contribution >= 0.6 is 0 Å². The molecule has 0 amide bonds. The Morgan fingerprint density at radius 1 is 1.24 bits per heavy atom. The van der Waals surface area contributed by atoms with E-state index in [4.69, 9.17) is 4.74 Å². The number of likely N-dealkylation sites (tertiary alicyclic amines) is 1. The van der Waals surface area contributed by atoms with Crippen LogP contribution in [-0.4, -0.2) is 58.7 Å². The zero-order valence-corrected chi connectivity index (χ0v) is 16.9. The molecule has 2 fully saturated rings. The van der Waals surface area contributed by atoms with Crippen LogP contribution in [0, 0.1) is 6.92 Å². The molecule has 2 aromatic rings. The van der Waals surface area contributed by atoms with Crippen molar-refractivity contribution in [3.8, 4) is 17.0 Å². The number of nitrogens with zero attached hydrogens (tertiary/aromatic N) is 3. The zero-order chi connectivity index (χ0) is 20.1. The maximum absolute atomic E-state index is 14.1. The number of likely N-dealkylation sites (N-methyl/N-ethyl adjacent to an activating group) is 1. The van der Waals surface area contributed by atoms with Crippen LogP contribution in [0.1, 0.15) is 42.1 Å². The van der Waals surface area contributed by atoms with Crippen LogP contribution in [0.4, 0.5) is 10.2 Å². The summed E-state index contributed by atoms with van der Waals surface area (Å²) in [7, 11) is 1.94. The summed E-state index contributed by atoms with van der Waals surface area (Å²) < 4.78 is 20.2. The molecule has 1 aromatic heterocycles. The molecule has 0 radical (unpaired) electrons. The highest BCUT2D eigenvalue weighted by molar-refractivity contribution is 5.73. The molecule has 6 nitrogen and oxygen atoms in total. The van der Waals surface area contributed by atoms with Crippen molar-refractivity contribution < 1.29 is 14.2 Å². The second-order valence-corrected chi connectivity index (χ2v) is 8.73. The number of rotatable bonds is 3. The van der Waals surface area contributed by atoms with E-state index in [2.05, 4.69) is 15.5 Å². The third kappa shape index (κ3) is 3.46. The molecule has 0 spiro atoms. The first-order valence-corrected chi connectivity index (χ1v) is 10.4. The minimum Gasteiger partial charge on any atom is -0.507 e. The quantitative estimate of drug-likeness (QED) is 0.826.